The first-order valence-electron chi connectivity index (χ1n) is 9.13. The van der Waals surface area contributed by atoms with Crippen LogP contribution in [0.3, 0.4) is 0 Å². The van der Waals surface area contributed by atoms with Crippen molar-refractivity contribution in [1.82, 2.24) is 10.2 Å². The van der Waals surface area contributed by atoms with Gasteiger partial charge in [0.25, 0.3) is 0 Å². The summed E-state index contributed by atoms with van der Waals surface area (Å²) in [4.78, 5) is 39.4. The highest BCUT2D eigenvalue weighted by atomic mass is 16.6. The van der Waals surface area contributed by atoms with Crippen LogP contribution in [0.4, 0.5) is 4.79 Å². The maximum atomic E-state index is 12.9. The number of allylic oxidation sites excluding steroid dienone is 1. The summed E-state index contributed by atoms with van der Waals surface area (Å²) in [5.74, 6) is -1.09. The second-order valence-corrected chi connectivity index (χ2v) is 6.69. The minimum Gasteiger partial charge on any atom is -0.465 e. The van der Waals surface area contributed by atoms with Crippen molar-refractivity contribution in [3.05, 3.63) is 46.7 Å². The summed E-state index contributed by atoms with van der Waals surface area (Å²) in [7, 11) is 2.80. The number of hydrogen-bond acceptors (Lipinski definition) is 6. The highest BCUT2D eigenvalue weighted by Gasteiger charge is 2.43. The normalized spacial score (nSPS) is 19.3. The van der Waals surface area contributed by atoms with Crippen molar-refractivity contribution in [2.24, 2.45) is 0 Å². The molecule has 1 saturated carbocycles. The molecule has 0 saturated heterocycles. The molecule has 1 unspecified atom stereocenters. The van der Waals surface area contributed by atoms with Gasteiger partial charge in [0.2, 0.25) is 0 Å². The molecule has 1 aliphatic carbocycles. The van der Waals surface area contributed by atoms with Crippen molar-refractivity contribution in [2.75, 3.05) is 27.4 Å². The molecule has 1 atom stereocenters. The van der Waals surface area contributed by atoms with E-state index in [1.807, 2.05) is 0 Å². The lowest BCUT2D eigenvalue weighted by molar-refractivity contribution is -0.140. The predicted molar refractivity (Wildman–Crippen MR) is 99.5 cm³/mol. The van der Waals surface area contributed by atoms with Crippen LogP contribution in [0.25, 0.3) is 0 Å². The zero-order valence-corrected chi connectivity index (χ0v) is 16.2. The molecule has 0 aromatic heterocycles. The third-order valence-electron chi connectivity index (χ3n) is 4.86. The average molecular weight is 388 g/mol. The van der Waals surface area contributed by atoms with Crippen LogP contribution < -0.4 is 5.32 Å². The fraction of sp³-hybridized carbons (Fsp3) is 0.450. The molecule has 1 N–H and O–H groups in total. The second kappa shape index (κ2) is 8.43. The van der Waals surface area contributed by atoms with Crippen LogP contribution in [-0.4, -0.2) is 56.3 Å². The molecule has 1 heterocycles. The molecule has 2 amide bonds. The Labute approximate surface area is 163 Å². The van der Waals surface area contributed by atoms with Crippen LogP contribution in [-0.2, 0) is 19.0 Å². The Morgan fingerprint density at radius 2 is 1.86 bits per heavy atom. The summed E-state index contributed by atoms with van der Waals surface area (Å²) in [6.45, 7) is 2.09. The number of amides is 2. The van der Waals surface area contributed by atoms with Crippen molar-refractivity contribution in [2.45, 2.75) is 31.8 Å². The van der Waals surface area contributed by atoms with Gasteiger partial charge in [-0.15, -0.1) is 0 Å². The SMILES string of the molecule is COCCOC(=O)C1=C(C)N(C2CC2)C(=O)NC1c1ccccc1C(=O)OC. The number of ether oxygens (including phenoxy) is 3. The zero-order chi connectivity index (χ0) is 20.3. The van der Waals surface area contributed by atoms with Crippen LogP contribution in [0.15, 0.2) is 35.5 Å². The Kier molecular flexibility index (Phi) is 5.99. The molecule has 150 valence electrons. The first kappa shape index (κ1) is 19.9. The number of nitrogens with zero attached hydrogens (tertiary/aromatic N) is 1. The molecule has 28 heavy (non-hydrogen) atoms. The van der Waals surface area contributed by atoms with Gasteiger partial charge < -0.3 is 19.5 Å². The van der Waals surface area contributed by atoms with Gasteiger partial charge in [-0.2, -0.15) is 0 Å². The highest BCUT2D eigenvalue weighted by molar-refractivity contribution is 5.97. The molecular formula is C20H24N2O6. The molecule has 3 rings (SSSR count). The molecule has 0 bridgehead atoms. The van der Waals surface area contributed by atoms with Crippen LogP contribution in [0.5, 0.6) is 0 Å². The van der Waals surface area contributed by atoms with Gasteiger partial charge >= 0.3 is 18.0 Å². The van der Waals surface area contributed by atoms with E-state index in [2.05, 4.69) is 5.32 Å². The molecule has 0 spiro atoms. The molecule has 8 heteroatoms. The first-order chi connectivity index (χ1) is 13.5. The van der Waals surface area contributed by atoms with Gasteiger partial charge in [-0.05, 0) is 31.4 Å². The summed E-state index contributed by atoms with van der Waals surface area (Å²) in [5.41, 5.74) is 1.61. The number of nitrogens with one attached hydrogen (secondary N) is 1. The quantitative estimate of drug-likeness (QED) is 0.568. The van der Waals surface area contributed by atoms with Gasteiger partial charge in [0.1, 0.15) is 6.61 Å². The molecule has 8 nitrogen and oxygen atoms in total. The summed E-state index contributed by atoms with van der Waals surface area (Å²) in [6.07, 6.45) is 1.78. The van der Waals surface area contributed by atoms with Gasteiger partial charge in [-0.1, -0.05) is 18.2 Å². The topological polar surface area (TPSA) is 94.2 Å². The average Bonchev–Trinajstić information content (AvgIpc) is 3.52. The van der Waals surface area contributed by atoms with Crippen LogP contribution >= 0.6 is 0 Å². The third kappa shape index (κ3) is 3.87. The van der Waals surface area contributed by atoms with Crippen LogP contribution in [0, 0.1) is 0 Å². The van der Waals surface area contributed by atoms with Crippen LogP contribution in [0.2, 0.25) is 0 Å². The van der Waals surface area contributed by atoms with Crippen molar-refractivity contribution in [1.29, 1.82) is 0 Å². The number of hydrogen-bond donors (Lipinski definition) is 1. The van der Waals surface area contributed by atoms with Gasteiger partial charge in [-0.3, -0.25) is 4.90 Å². The number of esters is 2. The van der Waals surface area contributed by atoms with Crippen molar-refractivity contribution in [3.63, 3.8) is 0 Å². The Hall–Kier alpha value is -2.87. The van der Waals surface area contributed by atoms with E-state index >= 15 is 0 Å². The largest absolute Gasteiger partial charge is 0.465 e. The smallest absolute Gasteiger partial charge is 0.338 e. The van der Waals surface area contributed by atoms with Gasteiger partial charge in [0.05, 0.1) is 30.9 Å². The number of rotatable bonds is 7. The lowest BCUT2D eigenvalue weighted by Gasteiger charge is -2.36. The second-order valence-electron chi connectivity index (χ2n) is 6.69. The van der Waals surface area contributed by atoms with E-state index in [9.17, 15) is 14.4 Å². The Bertz CT molecular complexity index is 815. The first-order valence-corrected chi connectivity index (χ1v) is 9.13. The van der Waals surface area contributed by atoms with E-state index in [0.717, 1.165) is 12.8 Å². The molecule has 1 fully saturated rings. The predicted octanol–water partition coefficient (Wildman–Crippen LogP) is 2.17. The summed E-state index contributed by atoms with van der Waals surface area (Å²) < 4.78 is 15.1. The molecular weight excluding hydrogens is 364 g/mol. The van der Waals surface area contributed by atoms with E-state index in [1.165, 1.54) is 14.2 Å². The maximum absolute atomic E-state index is 12.9. The molecule has 1 aromatic rings. The van der Waals surface area contributed by atoms with E-state index in [-0.39, 0.29) is 30.9 Å². The Morgan fingerprint density at radius 3 is 2.50 bits per heavy atom. The number of urea groups is 1. The minimum absolute atomic E-state index is 0.0820. The molecule has 2 aliphatic rings. The molecule has 0 radical (unpaired) electrons. The maximum Gasteiger partial charge on any atom is 0.338 e. The highest BCUT2D eigenvalue weighted by Crippen LogP contribution is 2.38. The minimum atomic E-state index is -0.812. The number of methoxy groups -OCH3 is 2. The standard InChI is InChI=1S/C20H24N2O6/c1-12-16(19(24)28-11-10-26-2)17(21-20(25)22(12)13-8-9-13)14-6-4-5-7-15(14)18(23)27-3/h4-7,13,17H,8-11H2,1-3H3,(H,21,25). The van der Waals surface area contributed by atoms with Crippen molar-refractivity contribution < 1.29 is 28.6 Å². The van der Waals surface area contributed by atoms with Crippen molar-refractivity contribution in [3.8, 4) is 0 Å². The van der Waals surface area contributed by atoms with E-state index < -0.39 is 18.0 Å². The third-order valence-corrected chi connectivity index (χ3v) is 4.86. The van der Waals surface area contributed by atoms with E-state index in [1.54, 1.807) is 36.1 Å². The zero-order valence-electron chi connectivity index (χ0n) is 16.2. The Balaban J connectivity index is 2.04. The summed E-state index contributed by atoms with van der Waals surface area (Å²) in [5, 5.41) is 2.86. The summed E-state index contributed by atoms with van der Waals surface area (Å²) in [6, 6.07) is 5.71. The number of carbonyl (C=O) groups excluding carboxylic acids is 3. The molecule has 1 aliphatic heterocycles. The number of carbonyl (C=O) groups is 3. The van der Waals surface area contributed by atoms with E-state index in [0.29, 0.717) is 16.8 Å². The van der Waals surface area contributed by atoms with Crippen LogP contribution in [0.1, 0.15) is 41.7 Å². The van der Waals surface area contributed by atoms with Crippen molar-refractivity contribution >= 4 is 18.0 Å². The lowest BCUT2D eigenvalue weighted by atomic mass is 9.91. The van der Waals surface area contributed by atoms with Gasteiger partial charge in [0.15, 0.2) is 0 Å². The monoisotopic (exact) mass is 388 g/mol. The molecule has 1 aromatic carbocycles. The Morgan fingerprint density at radius 1 is 1.14 bits per heavy atom. The fourth-order valence-corrected chi connectivity index (χ4v) is 3.37. The van der Waals surface area contributed by atoms with Gasteiger partial charge in [0, 0.05) is 18.8 Å². The summed E-state index contributed by atoms with van der Waals surface area (Å²) >= 11 is 0. The fourth-order valence-electron chi connectivity index (χ4n) is 3.37. The number of benzene rings is 1. The van der Waals surface area contributed by atoms with Gasteiger partial charge in [-0.25, -0.2) is 14.4 Å². The lowest BCUT2D eigenvalue weighted by Crippen LogP contribution is -2.49. The van der Waals surface area contributed by atoms with E-state index in [4.69, 9.17) is 14.2 Å².